The third-order valence-electron chi connectivity index (χ3n) is 0. The Balaban J connectivity index is 0. The molecule has 4 heteroatoms. The van der Waals surface area contributed by atoms with E-state index in [2.05, 4.69) is 10.7 Å². The van der Waals surface area contributed by atoms with Crippen molar-refractivity contribution in [2.45, 2.75) is 0 Å². The first-order valence-electron chi connectivity index (χ1n) is 0.337. The summed E-state index contributed by atoms with van der Waals surface area (Å²) in [7, 11) is 4.47. The van der Waals surface area contributed by atoms with Crippen LogP contribution < -0.4 is 0 Å². The van der Waals surface area contributed by atoms with E-state index in [1.807, 2.05) is 0 Å². The number of hydrogen-bond acceptors (Lipinski definition) is 2. The average molecular weight is 173 g/mol. The van der Waals surface area contributed by atoms with E-state index in [1.54, 1.807) is 0 Å². The maximum atomic E-state index is 7.25. The topological polar surface area (TPSA) is 20.2 Å². The predicted molar refractivity (Wildman–Crippen MR) is 16.1 cm³/mol. The molecule has 0 amide bonds. The molecule has 23 valence electrons. The molecule has 0 aromatic carbocycles. The molecule has 0 bridgehead atoms. The number of halogens is 1. The first-order valence-corrected chi connectivity index (χ1v) is 1.94. The Morgan fingerprint density at radius 2 is 1.75 bits per heavy atom. The van der Waals surface area contributed by atoms with Gasteiger partial charge in [0.2, 0.25) is 0 Å². The molecule has 0 heterocycles. The van der Waals surface area contributed by atoms with Gasteiger partial charge in [0.05, 0.1) is 11.3 Å². The third kappa shape index (κ3) is 9.33. The Morgan fingerprint density at radius 3 is 1.75 bits per heavy atom. The second kappa shape index (κ2) is 8.83. The number of rotatable bonds is 0. The normalized spacial score (nSPS) is 4.50. The zero-order chi connectivity index (χ0) is 2.71. The smallest absolute Gasteiger partial charge is 0.0996 e. The standard InChI is InChI=1S/ClHOS.Y/c1-3-2;/h2H;. The Hall–Kier alpha value is 1.70. The van der Waals surface area contributed by atoms with E-state index in [0.29, 0.717) is 0 Å². The van der Waals surface area contributed by atoms with E-state index in [9.17, 15) is 0 Å². The van der Waals surface area contributed by atoms with Gasteiger partial charge < -0.3 is 4.55 Å². The molecule has 1 nitrogen and oxygen atoms in total. The minimum atomic E-state index is 0. The predicted octanol–water partition coefficient (Wildman–Crippen LogP) is 1.34. The van der Waals surface area contributed by atoms with Crippen molar-refractivity contribution in [2.75, 3.05) is 0 Å². The summed E-state index contributed by atoms with van der Waals surface area (Å²) in [6, 6.07) is 0. The molecule has 1 N–H and O–H groups in total. The van der Waals surface area contributed by atoms with E-state index in [4.69, 9.17) is 4.55 Å². The Kier molecular flexibility index (Phi) is 20.3. The van der Waals surface area contributed by atoms with Crippen molar-refractivity contribution in [1.29, 1.82) is 0 Å². The summed E-state index contributed by atoms with van der Waals surface area (Å²) < 4.78 is 7.25. The van der Waals surface area contributed by atoms with Crippen LogP contribution in [-0.2, 0) is 32.7 Å². The van der Waals surface area contributed by atoms with Gasteiger partial charge in [-0.1, -0.05) is 0 Å². The van der Waals surface area contributed by atoms with Crippen LogP contribution in [0, 0.1) is 0 Å². The van der Waals surface area contributed by atoms with Crippen LogP contribution in [0.5, 0.6) is 0 Å². The van der Waals surface area contributed by atoms with E-state index in [1.165, 1.54) is 0 Å². The van der Waals surface area contributed by atoms with Crippen molar-refractivity contribution in [1.82, 2.24) is 0 Å². The minimum absolute atomic E-state index is 0. The average Bonchev–Trinajstić information content (AvgIpc) is 0.918. The molecule has 0 aromatic heterocycles. The van der Waals surface area contributed by atoms with Gasteiger partial charge in [-0.25, -0.2) is 0 Å². The van der Waals surface area contributed by atoms with Crippen LogP contribution in [0.25, 0.3) is 0 Å². The van der Waals surface area contributed by atoms with Gasteiger partial charge in [-0.3, -0.25) is 0 Å². The van der Waals surface area contributed by atoms with E-state index >= 15 is 0 Å². The Labute approximate surface area is 58.7 Å². The molecule has 0 rings (SSSR count). The zero-order valence-electron chi connectivity index (χ0n) is 1.81. The third-order valence-corrected chi connectivity index (χ3v) is 0. The van der Waals surface area contributed by atoms with Crippen LogP contribution in [-0.4, -0.2) is 4.55 Å². The summed E-state index contributed by atoms with van der Waals surface area (Å²) in [6.45, 7) is 0. The molecule has 0 aromatic rings. The molecule has 0 unspecified atom stereocenters. The van der Waals surface area contributed by atoms with Gasteiger partial charge in [0.15, 0.2) is 0 Å². The molecule has 0 saturated heterocycles. The number of hydrogen-bond donors (Lipinski definition) is 1. The molecule has 0 saturated carbocycles. The van der Waals surface area contributed by atoms with Crippen molar-refractivity contribution in [3.8, 4) is 0 Å². The quantitative estimate of drug-likeness (QED) is 0.558. The summed E-state index contributed by atoms with van der Waals surface area (Å²) >= 11 is 0.222. The van der Waals surface area contributed by atoms with Crippen molar-refractivity contribution in [3.63, 3.8) is 0 Å². The maximum Gasteiger partial charge on any atom is 0.0996 e. The van der Waals surface area contributed by atoms with Crippen LogP contribution in [0.2, 0.25) is 0 Å². The SMILES string of the molecule is OSCl.[Y]. The van der Waals surface area contributed by atoms with E-state index < -0.39 is 0 Å². The summed E-state index contributed by atoms with van der Waals surface area (Å²) in [5, 5.41) is 0. The largest absolute Gasteiger partial charge is 0.317 e. The van der Waals surface area contributed by atoms with Crippen LogP contribution in [0.3, 0.4) is 0 Å². The summed E-state index contributed by atoms with van der Waals surface area (Å²) in [6.07, 6.45) is 0. The monoisotopic (exact) mass is 173 g/mol. The van der Waals surface area contributed by atoms with Gasteiger partial charge >= 0.3 is 0 Å². The van der Waals surface area contributed by atoms with Crippen LogP contribution in [0.15, 0.2) is 0 Å². The Bertz CT molecular complexity index is 8.00. The van der Waals surface area contributed by atoms with Crippen LogP contribution >= 0.6 is 21.9 Å². The van der Waals surface area contributed by atoms with Gasteiger partial charge in [0.1, 0.15) is 0 Å². The fourth-order valence-electron chi connectivity index (χ4n) is 0. The van der Waals surface area contributed by atoms with Gasteiger partial charge in [0, 0.05) is 32.7 Å². The van der Waals surface area contributed by atoms with Gasteiger partial charge in [0.25, 0.3) is 0 Å². The summed E-state index contributed by atoms with van der Waals surface area (Å²) in [5.41, 5.74) is 0. The molecule has 0 aliphatic carbocycles. The Morgan fingerprint density at radius 1 is 1.75 bits per heavy atom. The fourth-order valence-corrected chi connectivity index (χ4v) is 0. The first-order chi connectivity index (χ1) is 1.41. The fraction of sp³-hybridized carbons (Fsp3) is 0. The maximum absolute atomic E-state index is 7.25. The van der Waals surface area contributed by atoms with Gasteiger partial charge in [-0.2, -0.15) is 0 Å². The van der Waals surface area contributed by atoms with Crippen molar-refractivity contribution in [3.05, 3.63) is 0 Å². The van der Waals surface area contributed by atoms with E-state index in [-0.39, 0.29) is 44.0 Å². The van der Waals surface area contributed by atoms with E-state index in [0.717, 1.165) is 0 Å². The second-order valence-corrected chi connectivity index (χ2v) is 0.621. The van der Waals surface area contributed by atoms with Gasteiger partial charge in [-0.15, -0.1) is 0 Å². The molecule has 0 aliphatic rings. The van der Waals surface area contributed by atoms with Crippen molar-refractivity contribution >= 4 is 21.9 Å². The minimum Gasteiger partial charge on any atom is -0.317 e. The second-order valence-electron chi connectivity index (χ2n) is 0.0690. The molecular weight excluding hydrogens is 172 g/mol. The van der Waals surface area contributed by atoms with Crippen LogP contribution in [0.1, 0.15) is 0 Å². The molecular formula is HClOSY. The molecule has 0 fully saturated rings. The molecule has 4 heavy (non-hydrogen) atoms. The van der Waals surface area contributed by atoms with Crippen molar-refractivity contribution < 1.29 is 37.3 Å². The van der Waals surface area contributed by atoms with Gasteiger partial charge in [-0.05, 0) is 10.7 Å². The van der Waals surface area contributed by atoms with Crippen molar-refractivity contribution in [2.24, 2.45) is 0 Å². The molecule has 0 aliphatic heterocycles. The van der Waals surface area contributed by atoms with Crippen LogP contribution in [0.4, 0.5) is 0 Å². The summed E-state index contributed by atoms with van der Waals surface area (Å²) in [4.78, 5) is 0. The molecule has 0 spiro atoms. The molecule has 0 atom stereocenters. The first kappa shape index (κ1) is 9.20. The molecule has 1 radical (unpaired) electrons. The zero-order valence-corrected chi connectivity index (χ0v) is 6.22. The summed E-state index contributed by atoms with van der Waals surface area (Å²) in [5.74, 6) is 0.